The molecule has 0 aromatic rings. The number of hydrogen-bond donors (Lipinski definition) is 5. The predicted molar refractivity (Wildman–Crippen MR) is 154 cm³/mol. The largest absolute Gasteiger partial charge is 0.478 e. The van der Waals surface area contributed by atoms with Gasteiger partial charge in [-0.1, -0.05) is 39.5 Å². The molecule has 2 amide bonds. The van der Waals surface area contributed by atoms with Crippen LogP contribution in [0.5, 0.6) is 0 Å². The summed E-state index contributed by atoms with van der Waals surface area (Å²) in [5.41, 5.74) is 5.61. The minimum Gasteiger partial charge on any atom is -0.478 e. The van der Waals surface area contributed by atoms with E-state index in [2.05, 4.69) is 35.3 Å². The van der Waals surface area contributed by atoms with Crippen LogP contribution in [0, 0.1) is 40.9 Å². The molecule has 5 aliphatic carbocycles. The Balaban J connectivity index is 1.34. The van der Waals surface area contributed by atoms with Crippen molar-refractivity contribution in [1.29, 1.82) is 5.41 Å². The first kappa shape index (κ1) is 29.6. The normalized spacial score (nSPS) is 29.0. The van der Waals surface area contributed by atoms with E-state index in [9.17, 15) is 9.59 Å². The summed E-state index contributed by atoms with van der Waals surface area (Å²) < 4.78 is 5.99. The van der Waals surface area contributed by atoms with Gasteiger partial charge >= 0.3 is 0 Å². The zero-order chi connectivity index (χ0) is 28.0. The van der Waals surface area contributed by atoms with Gasteiger partial charge < -0.3 is 20.8 Å². The van der Waals surface area contributed by atoms with Crippen LogP contribution in [0.15, 0.2) is 23.7 Å². The van der Waals surface area contributed by atoms with E-state index in [1.165, 1.54) is 57.8 Å². The number of carbonyl (C=O) groups excluding carboxylic acids is 2. The van der Waals surface area contributed by atoms with Crippen molar-refractivity contribution in [3.8, 4) is 0 Å². The molecule has 8 heteroatoms. The van der Waals surface area contributed by atoms with Crippen LogP contribution in [0.25, 0.3) is 0 Å². The highest BCUT2D eigenvalue weighted by molar-refractivity contribution is 6.11. The zero-order valence-electron chi connectivity index (χ0n) is 24.5. The van der Waals surface area contributed by atoms with Crippen molar-refractivity contribution in [1.82, 2.24) is 21.5 Å². The van der Waals surface area contributed by atoms with Crippen LogP contribution in [-0.2, 0) is 14.3 Å². The Labute approximate surface area is 235 Å². The second-order valence-electron chi connectivity index (χ2n) is 13.6. The van der Waals surface area contributed by atoms with Gasteiger partial charge in [-0.05, 0) is 94.0 Å². The van der Waals surface area contributed by atoms with Crippen molar-refractivity contribution in [2.75, 3.05) is 6.61 Å². The number of nitrogens with one attached hydrogen (secondary N) is 5. The van der Waals surface area contributed by atoms with Gasteiger partial charge in [-0.15, -0.1) is 0 Å². The van der Waals surface area contributed by atoms with Crippen LogP contribution < -0.4 is 21.5 Å². The predicted octanol–water partition coefficient (Wildman–Crippen LogP) is 4.93. The summed E-state index contributed by atoms with van der Waals surface area (Å²) in [7, 11) is 0. The topological polar surface area (TPSA) is 115 Å². The van der Waals surface area contributed by atoms with Crippen LogP contribution in [0.4, 0.5) is 0 Å². The summed E-state index contributed by atoms with van der Waals surface area (Å²) in [6.45, 7) is 8.44. The number of hydrazine groups is 1. The molecule has 0 radical (unpaired) electrons. The molecule has 218 valence electrons. The third-order valence-electron chi connectivity index (χ3n) is 9.21. The summed E-state index contributed by atoms with van der Waals surface area (Å²) in [6, 6.07) is 0.197. The van der Waals surface area contributed by atoms with Gasteiger partial charge in [0.1, 0.15) is 5.57 Å². The van der Waals surface area contributed by atoms with Crippen LogP contribution in [0.3, 0.4) is 0 Å². The average molecular weight is 542 g/mol. The lowest BCUT2D eigenvalue weighted by atomic mass is 9.54. The molecule has 5 fully saturated rings. The van der Waals surface area contributed by atoms with E-state index in [1.807, 2.05) is 19.9 Å². The van der Waals surface area contributed by atoms with Crippen molar-refractivity contribution < 1.29 is 14.3 Å². The van der Waals surface area contributed by atoms with Crippen molar-refractivity contribution in [3.63, 3.8) is 0 Å². The number of ether oxygens (including phenoxy) is 1. The second kappa shape index (κ2) is 13.3. The fourth-order valence-corrected chi connectivity index (χ4v) is 7.37. The van der Waals surface area contributed by atoms with Crippen molar-refractivity contribution in [2.45, 2.75) is 110 Å². The molecule has 5 N–H and O–H groups in total. The monoisotopic (exact) mass is 541 g/mol. The quantitative estimate of drug-likeness (QED) is 0.0925. The molecule has 39 heavy (non-hydrogen) atoms. The maximum Gasteiger partial charge on any atom is 0.258 e. The number of amides is 2. The molecule has 5 aliphatic rings. The van der Waals surface area contributed by atoms with Crippen molar-refractivity contribution in [3.05, 3.63) is 23.7 Å². The van der Waals surface area contributed by atoms with Crippen LogP contribution >= 0.6 is 0 Å². The number of rotatable bonds is 14. The fourth-order valence-electron chi connectivity index (χ4n) is 7.37. The lowest BCUT2D eigenvalue weighted by Crippen LogP contribution is -2.56. The van der Waals surface area contributed by atoms with E-state index in [0.717, 1.165) is 24.5 Å². The summed E-state index contributed by atoms with van der Waals surface area (Å²) in [6.07, 6.45) is 17.5. The molecule has 8 nitrogen and oxygen atoms in total. The van der Waals surface area contributed by atoms with E-state index >= 15 is 0 Å². The Hall–Kier alpha value is -2.35. The second-order valence-corrected chi connectivity index (χ2v) is 13.6. The maximum absolute atomic E-state index is 13.4. The minimum absolute atomic E-state index is 0.00438. The number of carbonyl (C=O) groups is 2. The standard InChI is InChI=1S/C31H51N5O3/c1-20(2)19-39-30(33-12-11-31(3,4)36-35-27(37)10-9-21-7-5-6-8-21)26(18-32)29(38)34-28-24-14-22-13-23(16-24)17-25(28)15-22/h11-12,18,20-25,28,32-33,36H,5-10,13-17,19H2,1-4H3,(H,34,38)(H,35,37)/b12-11+,30-26-,32-18?. The highest BCUT2D eigenvalue weighted by atomic mass is 16.5. The molecule has 5 rings (SSSR count). The molecule has 0 aromatic carbocycles. The van der Waals surface area contributed by atoms with Gasteiger partial charge in [-0.3, -0.25) is 15.0 Å². The Morgan fingerprint density at radius 1 is 1.03 bits per heavy atom. The highest BCUT2D eigenvalue weighted by Crippen LogP contribution is 2.53. The van der Waals surface area contributed by atoms with Gasteiger partial charge in [-0.2, -0.15) is 0 Å². The maximum atomic E-state index is 13.4. The van der Waals surface area contributed by atoms with Gasteiger partial charge in [0.25, 0.3) is 5.91 Å². The van der Waals surface area contributed by atoms with Gasteiger partial charge in [0, 0.05) is 24.9 Å². The van der Waals surface area contributed by atoms with Crippen molar-refractivity contribution in [2.24, 2.45) is 35.5 Å². The zero-order valence-corrected chi connectivity index (χ0v) is 24.5. The molecule has 0 aromatic heterocycles. The van der Waals surface area contributed by atoms with Crippen LogP contribution in [-0.4, -0.2) is 36.2 Å². The molecule has 0 spiro atoms. The molecule has 0 unspecified atom stereocenters. The first-order chi connectivity index (χ1) is 18.6. The Morgan fingerprint density at radius 2 is 1.67 bits per heavy atom. The lowest BCUT2D eigenvalue weighted by Gasteiger charge is -2.54. The SMILES string of the molecule is CC(C)CO/C(N/C=C/C(C)(C)NNC(=O)CCC1CCCC1)=C(/C=N)C(=O)NC1C2CC3CC(C2)CC1C3. The minimum atomic E-state index is -0.535. The molecule has 0 heterocycles. The third kappa shape index (κ3) is 8.32. The summed E-state index contributed by atoms with van der Waals surface area (Å²) in [4.78, 5) is 25.7. The van der Waals surface area contributed by atoms with Crippen molar-refractivity contribution >= 4 is 18.0 Å². The first-order valence-electron chi connectivity index (χ1n) is 15.3. The molecular formula is C31H51N5O3. The van der Waals surface area contributed by atoms with E-state index in [0.29, 0.717) is 30.8 Å². The first-order valence-corrected chi connectivity index (χ1v) is 15.3. The fraction of sp³-hybridized carbons (Fsp3) is 0.774. The smallest absolute Gasteiger partial charge is 0.258 e. The van der Waals surface area contributed by atoms with Gasteiger partial charge in [0.2, 0.25) is 11.8 Å². The summed E-state index contributed by atoms with van der Waals surface area (Å²) in [5.74, 6) is 3.80. The van der Waals surface area contributed by atoms with Gasteiger partial charge in [-0.25, -0.2) is 5.43 Å². The van der Waals surface area contributed by atoms with E-state index in [1.54, 1.807) is 6.20 Å². The molecule has 0 saturated heterocycles. The molecular weight excluding hydrogens is 490 g/mol. The highest BCUT2D eigenvalue weighted by Gasteiger charge is 2.48. The van der Waals surface area contributed by atoms with E-state index < -0.39 is 5.54 Å². The summed E-state index contributed by atoms with van der Waals surface area (Å²) >= 11 is 0. The molecule has 0 atom stereocenters. The Morgan fingerprint density at radius 3 is 2.26 bits per heavy atom. The summed E-state index contributed by atoms with van der Waals surface area (Å²) in [5, 5.41) is 14.5. The van der Waals surface area contributed by atoms with Crippen LogP contribution in [0.2, 0.25) is 0 Å². The van der Waals surface area contributed by atoms with Gasteiger partial charge in [0.15, 0.2) is 0 Å². The molecule has 0 aliphatic heterocycles. The Kier molecular flexibility index (Phi) is 10.1. The Bertz CT molecular complexity index is 907. The lowest BCUT2D eigenvalue weighted by molar-refractivity contribution is -0.123. The van der Waals surface area contributed by atoms with E-state index in [-0.39, 0.29) is 35.2 Å². The van der Waals surface area contributed by atoms with Gasteiger partial charge in [0.05, 0.1) is 12.1 Å². The van der Waals surface area contributed by atoms with Crippen LogP contribution in [0.1, 0.15) is 98.3 Å². The molecule has 5 saturated carbocycles. The molecule has 4 bridgehead atoms. The van der Waals surface area contributed by atoms with E-state index in [4.69, 9.17) is 10.1 Å². The average Bonchev–Trinajstić information content (AvgIpc) is 3.40. The third-order valence-corrected chi connectivity index (χ3v) is 9.21. The number of hydrogen-bond acceptors (Lipinski definition) is 6.